The second-order valence-corrected chi connectivity index (χ2v) is 5.36. The van der Waals surface area contributed by atoms with Crippen molar-refractivity contribution >= 4 is 15.9 Å². The molecule has 0 bridgehead atoms. The molecule has 0 aromatic heterocycles. The minimum absolute atomic E-state index is 0.212. The third kappa shape index (κ3) is 1.96. The molecule has 1 atom stereocenters. The van der Waals surface area contributed by atoms with E-state index in [9.17, 15) is 5.26 Å². The van der Waals surface area contributed by atoms with Gasteiger partial charge in [0, 0.05) is 10.0 Å². The van der Waals surface area contributed by atoms with E-state index in [0.29, 0.717) is 0 Å². The normalized spacial score (nSPS) is 19.8. The van der Waals surface area contributed by atoms with Gasteiger partial charge in [-0.2, -0.15) is 5.26 Å². The van der Waals surface area contributed by atoms with E-state index < -0.39 is 0 Å². The van der Waals surface area contributed by atoms with Crippen LogP contribution < -0.4 is 9.47 Å². The summed E-state index contributed by atoms with van der Waals surface area (Å²) < 4.78 is 11.6. The Labute approximate surface area is 114 Å². The van der Waals surface area contributed by atoms with Crippen LogP contribution >= 0.6 is 15.9 Å². The number of nitriles is 1. The van der Waals surface area contributed by atoms with Gasteiger partial charge in [-0.05, 0) is 38.1 Å². The highest BCUT2D eigenvalue weighted by molar-refractivity contribution is 9.10. The summed E-state index contributed by atoms with van der Waals surface area (Å²) in [5, 5.41) is 9.43. The molecule has 5 heteroatoms. The molecule has 0 N–H and O–H groups in total. The van der Waals surface area contributed by atoms with Gasteiger partial charge < -0.3 is 9.47 Å². The molecule has 2 heterocycles. The molecule has 0 spiro atoms. The maximum absolute atomic E-state index is 9.43. The third-order valence-corrected chi connectivity index (χ3v) is 4.10. The lowest BCUT2D eigenvalue weighted by Gasteiger charge is -2.22. The van der Waals surface area contributed by atoms with E-state index in [1.54, 1.807) is 0 Å². The van der Waals surface area contributed by atoms with Gasteiger partial charge in [0.2, 0.25) is 6.79 Å². The molecular weight excluding hydrogens is 296 g/mol. The first-order chi connectivity index (χ1) is 8.79. The van der Waals surface area contributed by atoms with Gasteiger partial charge in [-0.1, -0.05) is 15.9 Å². The highest BCUT2D eigenvalue weighted by Crippen LogP contribution is 2.40. The summed E-state index contributed by atoms with van der Waals surface area (Å²) in [4.78, 5) is 2.21. The summed E-state index contributed by atoms with van der Waals surface area (Å²) >= 11 is 3.53. The SMILES string of the molecule is N#CC(c1cc2c(cc1Br)OCO2)N1CCCC1. The number of hydrogen-bond donors (Lipinski definition) is 0. The molecule has 0 saturated carbocycles. The van der Waals surface area contributed by atoms with Crippen molar-refractivity contribution in [3.05, 3.63) is 22.2 Å². The number of likely N-dealkylation sites (tertiary alicyclic amines) is 1. The number of rotatable bonds is 2. The number of benzene rings is 1. The molecule has 1 fully saturated rings. The van der Waals surface area contributed by atoms with E-state index in [1.807, 2.05) is 12.1 Å². The van der Waals surface area contributed by atoms with Crippen molar-refractivity contribution in [3.8, 4) is 17.6 Å². The molecule has 2 aliphatic rings. The predicted octanol–water partition coefficient (Wildman–Crippen LogP) is 2.84. The average Bonchev–Trinajstić information content (AvgIpc) is 3.01. The Bertz CT molecular complexity index is 506. The van der Waals surface area contributed by atoms with E-state index in [0.717, 1.165) is 34.6 Å². The van der Waals surface area contributed by atoms with Gasteiger partial charge in [0.15, 0.2) is 11.5 Å². The Morgan fingerprint density at radius 3 is 2.56 bits per heavy atom. The van der Waals surface area contributed by atoms with Crippen LogP contribution in [0.3, 0.4) is 0 Å². The maximum Gasteiger partial charge on any atom is 0.231 e. The van der Waals surface area contributed by atoms with Crippen molar-refractivity contribution < 1.29 is 9.47 Å². The van der Waals surface area contributed by atoms with E-state index in [1.165, 1.54) is 12.8 Å². The molecule has 1 unspecified atom stereocenters. The fourth-order valence-electron chi connectivity index (χ4n) is 2.49. The molecule has 0 aliphatic carbocycles. The highest BCUT2D eigenvalue weighted by atomic mass is 79.9. The van der Waals surface area contributed by atoms with E-state index >= 15 is 0 Å². The van der Waals surface area contributed by atoms with Crippen LogP contribution in [0, 0.1) is 11.3 Å². The average molecular weight is 309 g/mol. The lowest BCUT2D eigenvalue weighted by atomic mass is 10.1. The molecule has 94 valence electrons. The molecular formula is C13H13BrN2O2. The van der Waals surface area contributed by atoms with E-state index in [4.69, 9.17) is 9.47 Å². The minimum Gasteiger partial charge on any atom is -0.454 e. The topological polar surface area (TPSA) is 45.5 Å². The van der Waals surface area contributed by atoms with Gasteiger partial charge >= 0.3 is 0 Å². The Morgan fingerprint density at radius 2 is 1.89 bits per heavy atom. The van der Waals surface area contributed by atoms with Gasteiger partial charge in [0.05, 0.1) is 6.07 Å². The molecule has 2 aliphatic heterocycles. The third-order valence-electron chi connectivity index (χ3n) is 3.41. The van der Waals surface area contributed by atoms with E-state index in [-0.39, 0.29) is 12.8 Å². The summed E-state index contributed by atoms with van der Waals surface area (Å²) in [6.07, 6.45) is 2.33. The predicted molar refractivity (Wildman–Crippen MR) is 69.4 cm³/mol. The molecule has 0 radical (unpaired) electrons. The zero-order chi connectivity index (χ0) is 12.5. The van der Waals surface area contributed by atoms with Crippen molar-refractivity contribution in [2.24, 2.45) is 0 Å². The van der Waals surface area contributed by atoms with Crippen LogP contribution in [0.5, 0.6) is 11.5 Å². The molecule has 0 amide bonds. The van der Waals surface area contributed by atoms with Crippen LogP contribution in [-0.4, -0.2) is 24.8 Å². The largest absolute Gasteiger partial charge is 0.454 e. The Balaban J connectivity index is 1.97. The first-order valence-corrected chi connectivity index (χ1v) is 6.81. The fraction of sp³-hybridized carbons (Fsp3) is 0.462. The summed E-state index contributed by atoms with van der Waals surface area (Å²) in [5.74, 6) is 1.47. The van der Waals surface area contributed by atoms with Gasteiger partial charge in [-0.25, -0.2) is 0 Å². The van der Waals surface area contributed by atoms with Crippen LogP contribution in [0.15, 0.2) is 16.6 Å². The Morgan fingerprint density at radius 1 is 1.22 bits per heavy atom. The fourth-order valence-corrected chi connectivity index (χ4v) is 3.03. The number of fused-ring (bicyclic) bond motifs is 1. The lowest BCUT2D eigenvalue weighted by molar-refractivity contribution is 0.174. The quantitative estimate of drug-likeness (QED) is 0.843. The smallest absolute Gasteiger partial charge is 0.231 e. The van der Waals surface area contributed by atoms with Crippen molar-refractivity contribution in [1.29, 1.82) is 5.26 Å². The monoisotopic (exact) mass is 308 g/mol. The summed E-state index contributed by atoms with van der Waals surface area (Å²) in [5.41, 5.74) is 0.962. The maximum atomic E-state index is 9.43. The number of ether oxygens (including phenoxy) is 2. The van der Waals surface area contributed by atoms with Crippen molar-refractivity contribution in [1.82, 2.24) is 4.90 Å². The molecule has 1 aromatic rings. The molecule has 18 heavy (non-hydrogen) atoms. The van der Waals surface area contributed by atoms with Crippen molar-refractivity contribution in [2.45, 2.75) is 18.9 Å². The zero-order valence-electron chi connectivity index (χ0n) is 9.86. The number of nitrogens with zero attached hydrogens (tertiary/aromatic N) is 2. The van der Waals surface area contributed by atoms with Crippen molar-refractivity contribution in [2.75, 3.05) is 19.9 Å². The standard InChI is InChI=1S/C13H13BrN2O2/c14-10-6-13-12(17-8-18-13)5-9(10)11(7-15)16-3-1-2-4-16/h5-6,11H,1-4,8H2. The van der Waals surface area contributed by atoms with Gasteiger partial charge in [0.25, 0.3) is 0 Å². The lowest BCUT2D eigenvalue weighted by Crippen LogP contribution is -2.24. The van der Waals surface area contributed by atoms with Crippen LogP contribution in [0.25, 0.3) is 0 Å². The summed E-state index contributed by atoms with van der Waals surface area (Å²) in [7, 11) is 0. The number of halogens is 1. The second kappa shape index (κ2) is 4.79. The van der Waals surface area contributed by atoms with Gasteiger partial charge in [-0.15, -0.1) is 0 Å². The van der Waals surface area contributed by atoms with Crippen LogP contribution in [-0.2, 0) is 0 Å². The second-order valence-electron chi connectivity index (χ2n) is 4.50. The molecule has 3 rings (SSSR count). The highest BCUT2D eigenvalue weighted by Gasteiger charge is 2.27. The van der Waals surface area contributed by atoms with Crippen LogP contribution in [0.1, 0.15) is 24.4 Å². The molecule has 4 nitrogen and oxygen atoms in total. The summed E-state index contributed by atoms with van der Waals surface area (Å²) in [6, 6.07) is 5.98. The first kappa shape index (κ1) is 11.8. The molecule has 1 aromatic carbocycles. The summed E-state index contributed by atoms with van der Waals surface area (Å²) in [6.45, 7) is 2.23. The van der Waals surface area contributed by atoms with Crippen LogP contribution in [0.4, 0.5) is 0 Å². The minimum atomic E-state index is -0.212. The Kier molecular flexibility index (Phi) is 3.14. The van der Waals surface area contributed by atoms with Gasteiger partial charge in [0.1, 0.15) is 6.04 Å². The van der Waals surface area contributed by atoms with E-state index in [2.05, 4.69) is 26.9 Å². The molecule has 1 saturated heterocycles. The van der Waals surface area contributed by atoms with Gasteiger partial charge in [-0.3, -0.25) is 4.90 Å². The van der Waals surface area contributed by atoms with Crippen LogP contribution in [0.2, 0.25) is 0 Å². The zero-order valence-corrected chi connectivity index (χ0v) is 11.4. The number of hydrogen-bond acceptors (Lipinski definition) is 4. The van der Waals surface area contributed by atoms with Crippen molar-refractivity contribution in [3.63, 3.8) is 0 Å². The Hall–Kier alpha value is -1.25. The first-order valence-electron chi connectivity index (χ1n) is 6.02.